The topological polar surface area (TPSA) is 66.7 Å². The van der Waals surface area contributed by atoms with Gasteiger partial charge in [0.1, 0.15) is 0 Å². The maximum Gasteiger partial charge on any atom is 0.236 e. The van der Waals surface area contributed by atoms with Gasteiger partial charge in [-0.25, -0.2) is 0 Å². The van der Waals surface area contributed by atoms with Crippen LogP contribution in [-0.4, -0.2) is 27.5 Å². The van der Waals surface area contributed by atoms with Gasteiger partial charge in [-0.3, -0.25) is 9.78 Å². The number of hydrogen-bond donors (Lipinski definition) is 1. The molecule has 1 aliphatic rings. The third kappa shape index (κ3) is 2.66. The number of rotatable bonds is 2. The second kappa shape index (κ2) is 4.89. The van der Waals surface area contributed by atoms with Crippen LogP contribution in [0.5, 0.6) is 0 Å². The Kier molecular flexibility index (Phi) is 3.31. The molecular formula is C10H10N4OS. The normalized spacial score (nSPS) is 18.9. The van der Waals surface area contributed by atoms with Crippen LogP contribution in [0.1, 0.15) is 12.6 Å². The molecule has 2 rings (SSSR count). The standard InChI is InChI=1S/C10H10N4OS/c1-7(8-4-2-3-5-11-8)13-14-10-12-9(15)6-16-10/h2-5H,6H2,1H3,(H,12,14,15)/b13-7+. The Bertz CT molecular complexity index is 455. The number of nitrogens with zero attached hydrogens (tertiary/aromatic N) is 3. The summed E-state index contributed by atoms with van der Waals surface area (Å²) in [6.07, 6.45) is 1.70. The molecule has 1 aromatic rings. The fourth-order valence-corrected chi connectivity index (χ4v) is 1.75. The summed E-state index contributed by atoms with van der Waals surface area (Å²) in [5.74, 6) is 0.381. The second-order valence-corrected chi connectivity index (χ2v) is 4.11. The molecule has 0 aliphatic carbocycles. The van der Waals surface area contributed by atoms with E-state index in [9.17, 15) is 4.79 Å². The number of aromatic nitrogens is 1. The Morgan fingerprint density at radius 3 is 3.06 bits per heavy atom. The summed E-state index contributed by atoms with van der Waals surface area (Å²) in [7, 11) is 0. The van der Waals surface area contributed by atoms with Crippen LogP contribution in [0.4, 0.5) is 0 Å². The fourth-order valence-electron chi connectivity index (χ4n) is 1.13. The minimum atomic E-state index is -0.0329. The van der Waals surface area contributed by atoms with Gasteiger partial charge in [0.25, 0.3) is 0 Å². The van der Waals surface area contributed by atoms with Gasteiger partial charge in [-0.1, -0.05) is 17.8 Å². The molecule has 82 valence electrons. The Morgan fingerprint density at radius 1 is 1.56 bits per heavy atom. The maximum absolute atomic E-state index is 10.9. The van der Waals surface area contributed by atoms with E-state index in [1.165, 1.54) is 11.8 Å². The quantitative estimate of drug-likeness (QED) is 0.613. The summed E-state index contributed by atoms with van der Waals surface area (Å²) >= 11 is 1.35. The summed E-state index contributed by atoms with van der Waals surface area (Å²) in [6, 6.07) is 5.59. The van der Waals surface area contributed by atoms with Crippen LogP contribution >= 0.6 is 11.8 Å². The van der Waals surface area contributed by atoms with Gasteiger partial charge in [0, 0.05) is 6.20 Å². The van der Waals surface area contributed by atoms with E-state index < -0.39 is 0 Å². The highest BCUT2D eigenvalue weighted by molar-refractivity contribution is 8.15. The van der Waals surface area contributed by atoms with Gasteiger partial charge in [-0.2, -0.15) is 5.10 Å². The van der Waals surface area contributed by atoms with Crippen LogP contribution in [0.15, 0.2) is 34.6 Å². The first-order valence-electron chi connectivity index (χ1n) is 4.72. The Labute approximate surface area is 97.1 Å². The van der Waals surface area contributed by atoms with Crippen molar-refractivity contribution in [2.75, 3.05) is 5.75 Å². The van der Waals surface area contributed by atoms with Crippen molar-refractivity contribution in [1.29, 1.82) is 0 Å². The van der Waals surface area contributed by atoms with Crippen LogP contribution < -0.4 is 5.32 Å². The molecule has 1 fully saturated rings. The lowest BCUT2D eigenvalue weighted by Gasteiger charge is -1.96. The van der Waals surface area contributed by atoms with Gasteiger partial charge >= 0.3 is 0 Å². The van der Waals surface area contributed by atoms with Crippen molar-refractivity contribution in [3.05, 3.63) is 30.1 Å². The predicted molar refractivity (Wildman–Crippen MR) is 64.5 cm³/mol. The number of amidine groups is 1. The lowest BCUT2D eigenvalue weighted by atomic mass is 10.3. The molecule has 6 heteroatoms. The maximum atomic E-state index is 10.9. The van der Waals surface area contributed by atoms with E-state index in [-0.39, 0.29) is 5.91 Å². The van der Waals surface area contributed by atoms with Crippen LogP contribution in [0.25, 0.3) is 0 Å². The molecule has 1 N–H and O–H groups in total. The molecule has 1 amide bonds. The Hall–Kier alpha value is -1.69. The molecule has 0 aromatic carbocycles. The molecule has 0 unspecified atom stereocenters. The van der Waals surface area contributed by atoms with Crippen molar-refractivity contribution < 1.29 is 4.79 Å². The van der Waals surface area contributed by atoms with E-state index in [0.717, 1.165) is 11.4 Å². The smallest absolute Gasteiger partial charge is 0.236 e. The van der Waals surface area contributed by atoms with Crippen molar-refractivity contribution in [3.63, 3.8) is 0 Å². The van der Waals surface area contributed by atoms with Gasteiger partial charge in [-0.05, 0) is 19.1 Å². The molecule has 16 heavy (non-hydrogen) atoms. The SMILES string of the molecule is C/C(=N\N=C1\NC(=O)CS1)c1ccccn1. The van der Waals surface area contributed by atoms with Crippen LogP contribution in [0.3, 0.4) is 0 Å². The summed E-state index contributed by atoms with van der Waals surface area (Å²) in [5, 5.41) is 11.1. The van der Waals surface area contributed by atoms with E-state index in [1.54, 1.807) is 6.20 Å². The number of carbonyl (C=O) groups excluding carboxylic acids is 1. The average molecular weight is 234 g/mol. The number of amides is 1. The third-order valence-electron chi connectivity index (χ3n) is 1.91. The van der Waals surface area contributed by atoms with Crippen molar-refractivity contribution >= 4 is 28.5 Å². The number of hydrogen-bond acceptors (Lipinski definition) is 5. The van der Waals surface area contributed by atoms with Crippen LogP contribution in [-0.2, 0) is 4.79 Å². The van der Waals surface area contributed by atoms with E-state index in [4.69, 9.17) is 0 Å². The van der Waals surface area contributed by atoms with Gasteiger partial charge in [0.15, 0.2) is 5.17 Å². The highest BCUT2D eigenvalue weighted by Gasteiger charge is 2.16. The first-order valence-corrected chi connectivity index (χ1v) is 5.70. The van der Waals surface area contributed by atoms with Crippen molar-refractivity contribution in [3.8, 4) is 0 Å². The monoisotopic (exact) mass is 234 g/mol. The summed E-state index contributed by atoms with van der Waals surface area (Å²) in [6.45, 7) is 1.83. The molecule has 0 spiro atoms. The van der Waals surface area contributed by atoms with E-state index in [0.29, 0.717) is 10.9 Å². The lowest BCUT2D eigenvalue weighted by Crippen LogP contribution is -2.19. The van der Waals surface area contributed by atoms with Gasteiger partial charge in [0.2, 0.25) is 5.91 Å². The highest BCUT2D eigenvalue weighted by Crippen LogP contribution is 2.09. The average Bonchev–Trinajstić information content (AvgIpc) is 2.73. The fraction of sp³-hybridized carbons (Fsp3) is 0.200. The van der Waals surface area contributed by atoms with Gasteiger partial charge in [0.05, 0.1) is 17.2 Å². The predicted octanol–water partition coefficient (Wildman–Crippen LogP) is 1.02. The summed E-state index contributed by atoms with van der Waals surface area (Å²) in [5.41, 5.74) is 1.50. The molecular weight excluding hydrogens is 224 g/mol. The molecule has 0 radical (unpaired) electrons. The van der Waals surface area contributed by atoms with Crippen LogP contribution in [0.2, 0.25) is 0 Å². The zero-order valence-electron chi connectivity index (χ0n) is 8.67. The third-order valence-corrected chi connectivity index (χ3v) is 2.78. The highest BCUT2D eigenvalue weighted by atomic mass is 32.2. The Balaban J connectivity index is 2.11. The largest absolute Gasteiger partial charge is 0.303 e. The molecule has 0 bridgehead atoms. The van der Waals surface area contributed by atoms with Crippen molar-refractivity contribution in [1.82, 2.24) is 10.3 Å². The lowest BCUT2D eigenvalue weighted by molar-refractivity contribution is -0.116. The van der Waals surface area contributed by atoms with Crippen LogP contribution in [0, 0.1) is 0 Å². The molecule has 1 saturated heterocycles. The van der Waals surface area contributed by atoms with E-state index in [2.05, 4.69) is 20.5 Å². The number of thioether (sulfide) groups is 1. The van der Waals surface area contributed by atoms with Crippen molar-refractivity contribution in [2.45, 2.75) is 6.92 Å². The van der Waals surface area contributed by atoms with Crippen molar-refractivity contribution in [2.24, 2.45) is 10.2 Å². The minimum absolute atomic E-state index is 0.0329. The van der Waals surface area contributed by atoms with E-state index >= 15 is 0 Å². The zero-order chi connectivity index (χ0) is 11.4. The second-order valence-electron chi connectivity index (χ2n) is 3.14. The first kappa shape index (κ1) is 10.8. The Morgan fingerprint density at radius 2 is 2.44 bits per heavy atom. The van der Waals surface area contributed by atoms with Gasteiger partial charge < -0.3 is 5.32 Å². The molecule has 1 aliphatic heterocycles. The molecule has 2 heterocycles. The van der Waals surface area contributed by atoms with Gasteiger partial charge in [-0.15, -0.1) is 5.10 Å². The number of carbonyl (C=O) groups is 1. The number of nitrogens with one attached hydrogen (secondary N) is 1. The summed E-state index contributed by atoms with van der Waals surface area (Å²) < 4.78 is 0. The zero-order valence-corrected chi connectivity index (χ0v) is 9.49. The summed E-state index contributed by atoms with van der Waals surface area (Å²) in [4.78, 5) is 15.0. The molecule has 0 saturated carbocycles. The number of pyridine rings is 1. The van der Waals surface area contributed by atoms with E-state index in [1.807, 2.05) is 25.1 Å². The molecule has 1 aromatic heterocycles. The first-order chi connectivity index (χ1) is 7.75. The molecule has 5 nitrogen and oxygen atoms in total. The molecule has 0 atom stereocenters. The minimum Gasteiger partial charge on any atom is -0.303 e.